The fourth-order valence-corrected chi connectivity index (χ4v) is 3.08. The van der Waals surface area contributed by atoms with E-state index in [-0.39, 0.29) is 19.0 Å². The second-order valence-electron chi connectivity index (χ2n) is 7.35. The molecular formula is C25H25F3O3. The zero-order chi connectivity index (χ0) is 22.3. The van der Waals surface area contributed by atoms with Crippen LogP contribution >= 0.6 is 0 Å². The van der Waals surface area contributed by atoms with Crippen LogP contribution in [0.4, 0.5) is 13.2 Å². The molecule has 3 aromatic rings. The van der Waals surface area contributed by atoms with Gasteiger partial charge in [-0.3, -0.25) is 0 Å². The van der Waals surface area contributed by atoms with E-state index >= 15 is 0 Å². The van der Waals surface area contributed by atoms with Crippen LogP contribution in [0.5, 0.6) is 17.2 Å². The Morgan fingerprint density at radius 1 is 0.903 bits per heavy atom. The summed E-state index contributed by atoms with van der Waals surface area (Å²) in [5, 5.41) is 0. The van der Waals surface area contributed by atoms with E-state index in [1.807, 2.05) is 13.0 Å². The minimum Gasteiger partial charge on any atom is -0.494 e. The number of benzene rings is 3. The van der Waals surface area contributed by atoms with E-state index in [4.69, 9.17) is 14.2 Å². The molecule has 0 fully saturated rings. The number of hydrogen-bond acceptors (Lipinski definition) is 3. The monoisotopic (exact) mass is 430 g/mol. The van der Waals surface area contributed by atoms with Crippen molar-refractivity contribution < 1.29 is 27.4 Å². The Labute approximate surface area is 180 Å². The summed E-state index contributed by atoms with van der Waals surface area (Å²) in [7, 11) is 0. The Morgan fingerprint density at radius 3 is 2.26 bits per heavy atom. The Balaban J connectivity index is 1.67. The summed E-state index contributed by atoms with van der Waals surface area (Å²) < 4.78 is 58.5. The van der Waals surface area contributed by atoms with Crippen molar-refractivity contribution in [3.8, 4) is 17.2 Å². The van der Waals surface area contributed by atoms with Crippen molar-refractivity contribution in [2.24, 2.45) is 0 Å². The van der Waals surface area contributed by atoms with Gasteiger partial charge >= 0.3 is 0 Å². The fraction of sp³-hybridized carbons (Fsp3) is 0.280. The van der Waals surface area contributed by atoms with E-state index in [1.54, 1.807) is 54.6 Å². The summed E-state index contributed by atoms with van der Waals surface area (Å²) in [5.41, 5.74) is -0.414. The highest BCUT2D eigenvalue weighted by atomic mass is 19.3. The van der Waals surface area contributed by atoms with Crippen molar-refractivity contribution in [3.05, 3.63) is 89.7 Å². The maximum atomic E-state index is 14.1. The van der Waals surface area contributed by atoms with Crippen molar-refractivity contribution in [2.45, 2.75) is 32.3 Å². The molecule has 0 saturated heterocycles. The fourth-order valence-electron chi connectivity index (χ4n) is 3.08. The molecule has 0 saturated carbocycles. The van der Waals surface area contributed by atoms with Crippen LogP contribution in [-0.2, 0) is 16.8 Å². The molecule has 1 atom stereocenters. The number of hydrogen-bond donors (Lipinski definition) is 0. The van der Waals surface area contributed by atoms with Gasteiger partial charge in [0.05, 0.1) is 25.2 Å². The average Bonchev–Trinajstić information content (AvgIpc) is 2.77. The SMILES string of the molecule is CCOc1ccc(C(C)(COCc2ccc(F)c(Oc3ccccc3)c2)C(F)F)cc1. The second-order valence-corrected chi connectivity index (χ2v) is 7.35. The molecule has 0 radical (unpaired) electrons. The topological polar surface area (TPSA) is 27.7 Å². The molecule has 0 aliphatic heterocycles. The summed E-state index contributed by atoms with van der Waals surface area (Å²) in [4.78, 5) is 0. The zero-order valence-corrected chi connectivity index (χ0v) is 17.5. The molecule has 0 aliphatic carbocycles. The van der Waals surface area contributed by atoms with E-state index in [2.05, 4.69) is 0 Å². The van der Waals surface area contributed by atoms with Crippen LogP contribution in [0.15, 0.2) is 72.8 Å². The van der Waals surface area contributed by atoms with Gasteiger partial charge in [0.1, 0.15) is 11.5 Å². The van der Waals surface area contributed by atoms with E-state index < -0.39 is 17.7 Å². The molecule has 1 unspecified atom stereocenters. The van der Waals surface area contributed by atoms with Crippen molar-refractivity contribution in [3.63, 3.8) is 0 Å². The first-order chi connectivity index (χ1) is 14.9. The predicted molar refractivity (Wildman–Crippen MR) is 114 cm³/mol. The summed E-state index contributed by atoms with van der Waals surface area (Å²) in [6, 6.07) is 19.8. The van der Waals surface area contributed by atoms with Crippen LogP contribution in [0.25, 0.3) is 0 Å². The highest BCUT2D eigenvalue weighted by Crippen LogP contribution is 2.33. The minimum absolute atomic E-state index is 0.0464. The molecule has 164 valence electrons. The molecule has 0 aromatic heterocycles. The van der Waals surface area contributed by atoms with Crippen molar-refractivity contribution in [1.29, 1.82) is 0 Å². The molecular weight excluding hydrogens is 405 g/mol. The number of halogens is 3. The van der Waals surface area contributed by atoms with Gasteiger partial charge in [0.25, 0.3) is 0 Å². The zero-order valence-electron chi connectivity index (χ0n) is 17.5. The molecule has 0 bridgehead atoms. The van der Waals surface area contributed by atoms with Gasteiger partial charge in [0.15, 0.2) is 11.6 Å². The standard InChI is InChI=1S/C25H25F3O3/c1-3-30-20-12-10-19(11-13-20)25(2,24(27)28)17-29-16-18-9-14-22(26)23(15-18)31-21-7-5-4-6-8-21/h4-15,24H,3,16-17H2,1-2H3. The number of ether oxygens (including phenoxy) is 3. The van der Waals surface area contributed by atoms with E-state index in [1.165, 1.54) is 19.1 Å². The molecule has 3 aromatic carbocycles. The normalized spacial score (nSPS) is 13.1. The van der Waals surface area contributed by atoms with Crippen molar-refractivity contribution in [2.75, 3.05) is 13.2 Å². The molecule has 0 N–H and O–H groups in total. The Morgan fingerprint density at radius 2 is 1.61 bits per heavy atom. The van der Waals surface area contributed by atoms with Gasteiger partial charge in [-0.2, -0.15) is 0 Å². The third-order valence-electron chi connectivity index (χ3n) is 4.94. The molecule has 3 nitrogen and oxygen atoms in total. The van der Waals surface area contributed by atoms with E-state index in [0.29, 0.717) is 29.2 Å². The minimum atomic E-state index is -2.63. The van der Waals surface area contributed by atoms with Crippen LogP contribution in [0.2, 0.25) is 0 Å². The van der Waals surface area contributed by atoms with E-state index in [0.717, 1.165) is 0 Å². The Kier molecular flexibility index (Phi) is 7.58. The molecule has 0 heterocycles. The first kappa shape index (κ1) is 22.7. The van der Waals surface area contributed by atoms with Gasteiger partial charge < -0.3 is 14.2 Å². The lowest BCUT2D eigenvalue weighted by molar-refractivity contribution is -0.0128. The van der Waals surface area contributed by atoms with Gasteiger partial charge in [-0.05, 0) is 61.4 Å². The highest BCUT2D eigenvalue weighted by molar-refractivity contribution is 5.35. The Bertz CT molecular complexity index is 962. The lowest BCUT2D eigenvalue weighted by Gasteiger charge is -2.29. The lowest BCUT2D eigenvalue weighted by atomic mass is 9.83. The largest absolute Gasteiger partial charge is 0.494 e. The molecule has 31 heavy (non-hydrogen) atoms. The van der Waals surface area contributed by atoms with Crippen molar-refractivity contribution in [1.82, 2.24) is 0 Å². The summed E-state index contributed by atoms with van der Waals surface area (Å²) in [6.07, 6.45) is -2.63. The van der Waals surface area contributed by atoms with Crippen molar-refractivity contribution >= 4 is 0 Å². The third kappa shape index (κ3) is 5.79. The first-order valence-electron chi connectivity index (χ1n) is 10.0. The maximum Gasteiger partial charge on any atom is 0.250 e. The third-order valence-corrected chi connectivity index (χ3v) is 4.94. The first-order valence-corrected chi connectivity index (χ1v) is 10.0. The average molecular weight is 430 g/mol. The smallest absolute Gasteiger partial charge is 0.250 e. The van der Waals surface area contributed by atoms with Gasteiger partial charge in [0, 0.05) is 0 Å². The second kappa shape index (κ2) is 10.4. The summed E-state index contributed by atoms with van der Waals surface area (Å²) in [6.45, 7) is 3.66. The van der Waals surface area contributed by atoms with Gasteiger partial charge in [-0.15, -0.1) is 0 Å². The molecule has 6 heteroatoms. The highest BCUT2D eigenvalue weighted by Gasteiger charge is 2.37. The number of alkyl halides is 2. The van der Waals surface area contributed by atoms with Gasteiger partial charge in [-0.1, -0.05) is 36.4 Å². The number of rotatable bonds is 10. The molecule has 3 rings (SSSR count). The molecule has 0 aliphatic rings. The van der Waals surface area contributed by atoms with E-state index in [9.17, 15) is 13.2 Å². The van der Waals surface area contributed by atoms with Crippen LogP contribution in [-0.4, -0.2) is 19.6 Å². The van der Waals surface area contributed by atoms with Gasteiger partial charge in [-0.25, -0.2) is 13.2 Å². The lowest BCUT2D eigenvalue weighted by Crippen LogP contribution is -2.36. The van der Waals surface area contributed by atoms with Crippen LogP contribution in [0.1, 0.15) is 25.0 Å². The summed E-state index contributed by atoms with van der Waals surface area (Å²) >= 11 is 0. The molecule has 0 amide bonds. The van der Waals surface area contributed by atoms with Gasteiger partial charge in [0.2, 0.25) is 6.43 Å². The Hall–Kier alpha value is -2.99. The van der Waals surface area contributed by atoms with Crippen LogP contribution in [0.3, 0.4) is 0 Å². The predicted octanol–water partition coefficient (Wildman–Crippen LogP) is 6.76. The molecule has 0 spiro atoms. The van der Waals surface area contributed by atoms with Crippen LogP contribution < -0.4 is 9.47 Å². The quantitative estimate of drug-likeness (QED) is 0.356. The van der Waals surface area contributed by atoms with Crippen LogP contribution in [0, 0.1) is 5.82 Å². The maximum absolute atomic E-state index is 14.1. The number of para-hydroxylation sites is 1. The summed E-state index contributed by atoms with van der Waals surface area (Å²) in [5.74, 6) is 0.663.